The molecule has 1 atom stereocenters. The zero-order chi connectivity index (χ0) is 11.0. The second-order valence-corrected chi connectivity index (χ2v) is 3.74. The third-order valence-electron chi connectivity index (χ3n) is 2.19. The third kappa shape index (κ3) is 2.30. The van der Waals surface area contributed by atoms with Gasteiger partial charge in [0.05, 0.1) is 11.1 Å². The smallest absolute Gasteiger partial charge is 0.192 e. The molecule has 1 aromatic heterocycles. The van der Waals surface area contributed by atoms with Crippen molar-refractivity contribution >= 4 is 35.1 Å². The number of halogens is 2. The van der Waals surface area contributed by atoms with E-state index in [1.165, 1.54) is 0 Å². The number of aliphatic hydroxyl groups excluding tert-OH is 1. The standard InChI is InChI=1S/C10H11ClN2O2.ClH/c1-5-13-10-7(11)2-6(8(14)4-12)3-9(10)15-5;/h2-3,8,14H,4,12H2,1H3;1H/t8-;/m1./s1. The van der Waals surface area contributed by atoms with Gasteiger partial charge in [0.25, 0.3) is 0 Å². The Morgan fingerprint density at radius 3 is 2.88 bits per heavy atom. The van der Waals surface area contributed by atoms with Gasteiger partial charge in [0.15, 0.2) is 11.5 Å². The van der Waals surface area contributed by atoms with Crippen LogP contribution in [-0.4, -0.2) is 16.6 Å². The molecule has 0 amide bonds. The number of hydrogen-bond acceptors (Lipinski definition) is 4. The Morgan fingerprint density at radius 1 is 1.56 bits per heavy atom. The number of benzene rings is 1. The van der Waals surface area contributed by atoms with Gasteiger partial charge in [0.2, 0.25) is 0 Å². The molecule has 3 N–H and O–H groups in total. The highest BCUT2D eigenvalue weighted by Gasteiger charge is 2.12. The lowest BCUT2D eigenvalue weighted by atomic mass is 10.1. The molecule has 1 heterocycles. The monoisotopic (exact) mass is 262 g/mol. The highest BCUT2D eigenvalue weighted by Crippen LogP contribution is 2.28. The molecule has 88 valence electrons. The number of hydrogen-bond donors (Lipinski definition) is 2. The Bertz CT molecular complexity index is 499. The van der Waals surface area contributed by atoms with Crippen molar-refractivity contribution < 1.29 is 9.52 Å². The van der Waals surface area contributed by atoms with E-state index >= 15 is 0 Å². The first-order chi connectivity index (χ1) is 7.11. The van der Waals surface area contributed by atoms with Crippen LogP contribution in [0.2, 0.25) is 5.02 Å². The van der Waals surface area contributed by atoms with E-state index in [2.05, 4.69) is 4.98 Å². The van der Waals surface area contributed by atoms with E-state index in [0.29, 0.717) is 27.6 Å². The topological polar surface area (TPSA) is 72.3 Å². The number of oxazole rings is 1. The molecule has 0 saturated carbocycles. The Labute approximate surface area is 104 Å². The second-order valence-electron chi connectivity index (χ2n) is 3.33. The molecule has 4 nitrogen and oxygen atoms in total. The zero-order valence-corrected chi connectivity index (χ0v) is 10.2. The predicted octanol–water partition coefficient (Wildman–Crippen LogP) is 2.20. The maximum atomic E-state index is 9.57. The maximum absolute atomic E-state index is 9.57. The molecule has 0 fully saturated rings. The summed E-state index contributed by atoms with van der Waals surface area (Å²) in [4.78, 5) is 4.13. The van der Waals surface area contributed by atoms with Crippen LogP contribution < -0.4 is 5.73 Å². The van der Waals surface area contributed by atoms with Gasteiger partial charge in [-0.1, -0.05) is 11.6 Å². The van der Waals surface area contributed by atoms with Crippen molar-refractivity contribution in [2.24, 2.45) is 5.73 Å². The molecule has 0 spiro atoms. The molecule has 0 unspecified atom stereocenters. The van der Waals surface area contributed by atoms with Crippen LogP contribution in [-0.2, 0) is 0 Å². The molecule has 1 aromatic carbocycles. The maximum Gasteiger partial charge on any atom is 0.192 e. The highest BCUT2D eigenvalue weighted by molar-refractivity contribution is 6.34. The van der Waals surface area contributed by atoms with Crippen LogP contribution in [0.1, 0.15) is 17.6 Å². The first-order valence-electron chi connectivity index (χ1n) is 4.56. The molecule has 0 bridgehead atoms. The second kappa shape index (κ2) is 5.01. The summed E-state index contributed by atoms with van der Waals surface area (Å²) in [7, 11) is 0. The predicted molar refractivity (Wildman–Crippen MR) is 65.0 cm³/mol. The van der Waals surface area contributed by atoms with Crippen molar-refractivity contribution in [1.82, 2.24) is 4.98 Å². The van der Waals surface area contributed by atoms with Crippen molar-refractivity contribution in [3.8, 4) is 0 Å². The molecule has 0 aliphatic heterocycles. The fourth-order valence-corrected chi connectivity index (χ4v) is 1.71. The van der Waals surface area contributed by atoms with Crippen molar-refractivity contribution in [1.29, 1.82) is 0 Å². The van der Waals surface area contributed by atoms with E-state index in [4.69, 9.17) is 21.8 Å². The minimum absolute atomic E-state index is 0. The van der Waals surface area contributed by atoms with E-state index in [1.807, 2.05) is 0 Å². The summed E-state index contributed by atoms with van der Waals surface area (Å²) in [6.45, 7) is 1.89. The minimum atomic E-state index is -0.725. The summed E-state index contributed by atoms with van der Waals surface area (Å²) in [6.07, 6.45) is -0.725. The summed E-state index contributed by atoms with van der Waals surface area (Å²) in [5.41, 5.74) is 7.19. The van der Waals surface area contributed by atoms with Gasteiger partial charge in [0.1, 0.15) is 5.52 Å². The van der Waals surface area contributed by atoms with Crippen molar-refractivity contribution in [2.75, 3.05) is 6.54 Å². The fourth-order valence-electron chi connectivity index (χ4n) is 1.45. The average molecular weight is 263 g/mol. The lowest BCUT2D eigenvalue weighted by Crippen LogP contribution is -2.11. The number of fused-ring (bicyclic) bond motifs is 1. The van der Waals surface area contributed by atoms with Gasteiger partial charge in [-0.3, -0.25) is 0 Å². The summed E-state index contributed by atoms with van der Waals surface area (Å²) in [5, 5.41) is 10.0. The van der Waals surface area contributed by atoms with Gasteiger partial charge in [-0.25, -0.2) is 4.98 Å². The summed E-state index contributed by atoms with van der Waals surface area (Å²) >= 11 is 6.00. The lowest BCUT2D eigenvalue weighted by molar-refractivity contribution is 0.187. The lowest BCUT2D eigenvalue weighted by Gasteiger charge is -2.07. The van der Waals surface area contributed by atoms with Crippen LogP contribution in [0.4, 0.5) is 0 Å². The molecule has 2 rings (SSSR count). The van der Waals surface area contributed by atoms with Crippen LogP contribution in [0.5, 0.6) is 0 Å². The van der Waals surface area contributed by atoms with Crippen LogP contribution in [0.15, 0.2) is 16.5 Å². The largest absolute Gasteiger partial charge is 0.441 e. The first-order valence-corrected chi connectivity index (χ1v) is 4.94. The molecule has 16 heavy (non-hydrogen) atoms. The summed E-state index contributed by atoms with van der Waals surface area (Å²) in [5.74, 6) is 0.547. The molecule has 6 heteroatoms. The highest BCUT2D eigenvalue weighted by atomic mass is 35.5. The van der Waals surface area contributed by atoms with E-state index in [9.17, 15) is 5.11 Å². The van der Waals surface area contributed by atoms with Gasteiger partial charge >= 0.3 is 0 Å². The number of nitrogens with two attached hydrogens (primary N) is 1. The first kappa shape index (κ1) is 13.3. The molecular formula is C10H12Cl2N2O2. The average Bonchev–Trinajstić information content (AvgIpc) is 2.58. The number of aryl methyl sites for hydroxylation is 1. The Balaban J connectivity index is 0.00000128. The van der Waals surface area contributed by atoms with E-state index in [0.717, 1.165) is 0 Å². The van der Waals surface area contributed by atoms with Gasteiger partial charge < -0.3 is 15.3 Å². The van der Waals surface area contributed by atoms with E-state index in [1.54, 1.807) is 19.1 Å². The third-order valence-corrected chi connectivity index (χ3v) is 2.47. The molecule has 0 radical (unpaired) electrons. The van der Waals surface area contributed by atoms with Crippen LogP contribution in [0.3, 0.4) is 0 Å². The molecule has 0 aliphatic rings. The van der Waals surface area contributed by atoms with Crippen LogP contribution in [0.25, 0.3) is 11.1 Å². The van der Waals surface area contributed by atoms with Gasteiger partial charge in [-0.15, -0.1) is 12.4 Å². The van der Waals surface area contributed by atoms with E-state index in [-0.39, 0.29) is 19.0 Å². The minimum Gasteiger partial charge on any atom is -0.441 e. The Hall–Kier alpha value is -0.810. The van der Waals surface area contributed by atoms with Crippen molar-refractivity contribution in [3.05, 3.63) is 28.6 Å². The van der Waals surface area contributed by atoms with Gasteiger partial charge in [-0.05, 0) is 17.7 Å². The SMILES string of the molecule is Cc1nc2c(Cl)cc([C@H](O)CN)cc2o1.Cl. The van der Waals surface area contributed by atoms with Crippen LogP contribution >= 0.6 is 24.0 Å². The van der Waals surface area contributed by atoms with Crippen molar-refractivity contribution in [3.63, 3.8) is 0 Å². The van der Waals surface area contributed by atoms with E-state index < -0.39 is 6.10 Å². The number of rotatable bonds is 2. The zero-order valence-electron chi connectivity index (χ0n) is 8.61. The number of aliphatic hydroxyl groups is 1. The molecule has 2 aromatic rings. The molecular weight excluding hydrogens is 251 g/mol. The van der Waals surface area contributed by atoms with Crippen molar-refractivity contribution in [2.45, 2.75) is 13.0 Å². The summed E-state index contributed by atoms with van der Waals surface area (Å²) in [6, 6.07) is 3.36. The number of nitrogens with zero attached hydrogens (tertiary/aromatic N) is 1. The summed E-state index contributed by atoms with van der Waals surface area (Å²) < 4.78 is 5.34. The fraction of sp³-hybridized carbons (Fsp3) is 0.300. The van der Waals surface area contributed by atoms with Gasteiger partial charge in [0, 0.05) is 13.5 Å². The van der Waals surface area contributed by atoms with Crippen LogP contribution in [0, 0.1) is 6.92 Å². The number of aromatic nitrogens is 1. The quantitative estimate of drug-likeness (QED) is 0.871. The Morgan fingerprint density at radius 2 is 2.25 bits per heavy atom. The molecule has 0 aliphatic carbocycles. The van der Waals surface area contributed by atoms with Gasteiger partial charge in [-0.2, -0.15) is 0 Å². The normalized spacial score (nSPS) is 12.5. The molecule has 0 saturated heterocycles. The Kier molecular flexibility index (Phi) is 4.15.